The monoisotopic (exact) mass is 548 g/mol. The Morgan fingerprint density at radius 3 is 2.31 bits per heavy atom. The summed E-state index contributed by atoms with van der Waals surface area (Å²) in [6, 6.07) is 5.05. The highest BCUT2D eigenvalue weighted by Crippen LogP contribution is 2.36. The molecule has 0 aliphatic rings. The van der Waals surface area contributed by atoms with E-state index in [1.54, 1.807) is 0 Å². The van der Waals surface area contributed by atoms with E-state index < -0.39 is 38.9 Å². The number of benzene rings is 1. The molecule has 16 heteroatoms. The molecule has 0 saturated carbocycles. The topological polar surface area (TPSA) is 137 Å². The molecule has 11 nitrogen and oxygen atoms in total. The Labute approximate surface area is 208 Å². The third-order valence-electron chi connectivity index (χ3n) is 4.84. The first-order valence-electron chi connectivity index (χ1n) is 9.99. The smallest absolute Gasteiger partial charge is 0.436 e. The minimum Gasteiger partial charge on any atom is -0.481 e. The fourth-order valence-electron chi connectivity index (χ4n) is 2.98. The summed E-state index contributed by atoms with van der Waals surface area (Å²) >= 11 is 5.74. The van der Waals surface area contributed by atoms with Gasteiger partial charge in [-0.25, -0.2) is 8.42 Å². The van der Waals surface area contributed by atoms with Crippen molar-refractivity contribution in [2.75, 3.05) is 24.3 Å². The van der Waals surface area contributed by atoms with Crippen LogP contribution in [0.3, 0.4) is 0 Å². The number of carbonyl (C=O) groups is 1. The van der Waals surface area contributed by atoms with Gasteiger partial charge in [0, 0.05) is 11.8 Å². The molecular weight excluding hydrogens is 529 g/mol. The van der Waals surface area contributed by atoms with Gasteiger partial charge < -0.3 is 14.8 Å². The summed E-state index contributed by atoms with van der Waals surface area (Å²) in [5, 5.41) is 5.34. The van der Waals surface area contributed by atoms with Crippen LogP contribution in [0.25, 0.3) is 0 Å². The van der Waals surface area contributed by atoms with Crippen molar-refractivity contribution >= 4 is 39.0 Å². The molecule has 36 heavy (non-hydrogen) atoms. The Balaban J connectivity index is 1.75. The van der Waals surface area contributed by atoms with Crippen LogP contribution in [-0.4, -0.2) is 48.3 Å². The number of rotatable bonds is 8. The predicted octanol–water partition coefficient (Wildman–Crippen LogP) is 3.67. The molecule has 3 rings (SSSR count). The van der Waals surface area contributed by atoms with E-state index in [9.17, 15) is 26.4 Å². The summed E-state index contributed by atoms with van der Waals surface area (Å²) in [4.78, 5) is 20.2. The second kappa shape index (κ2) is 10.2. The number of sulfonamides is 1. The van der Waals surface area contributed by atoms with Crippen LogP contribution in [0, 0.1) is 6.92 Å². The Hall–Kier alpha value is -3.59. The summed E-state index contributed by atoms with van der Waals surface area (Å²) in [7, 11) is -1.45. The van der Waals surface area contributed by atoms with Crippen LogP contribution >= 0.6 is 11.6 Å². The number of methoxy groups -OCH3 is 2. The van der Waals surface area contributed by atoms with Crippen molar-refractivity contribution in [2.24, 2.45) is 0 Å². The number of carbonyl (C=O) groups excluding carboxylic acids is 1. The first-order chi connectivity index (χ1) is 16.8. The van der Waals surface area contributed by atoms with Crippen LogP contribution in [0.4, 0.5) is 24.7 Å². The highest BCUT2D eigenvalue weighted by molar-refractivity contribution is 7.92. The van der Waals surface area contributed by atoms with Crippen LogP contribution in [0.15, 0.2) is 35.2 Å². The molecule has 1 unspecified atom stereocenters. The average Bonchev–Trinajstić information content (AvgIpc) is 3.12. The van der Waals surface area contributed by atoms with Crippen molar-refractivity contribution < 1.29 is 35.9 Å². The second-order valence-corrected chi connectivity index (χ2v) is 9.33. The number of halogens is 4. The molecule has 1 amide bonds. The molecule has 0 spiro atoms. The molecular formula is C20H20ClF3N6O5S. The molecule has 2 heterocycles. The number of hydrogen-bond acceptors (Lipinski definition) is 8. The van der Waals surface area contributed by atoms with Gasteiger partial charge in [-0.2, -0.15) is 28.2 Å². The molecule has 1 atom stereocenters. The fraction of sp³-hybridized carbons (Fsp3) is 0.300. The summed E-state index contributed by atoms with van der Waals surface area (Å²) in [5.74, 6) is -0.723. The highest BCUT2D eigenvalue weighted by Gasteiger charge is 2.39. The summed E-state index contributed by atoms with van der Waals surface area (Å²) in [5.41, 5.74) is -1.12. The lowest BCUT2D eigenvalue weighted by Gasteiger charge is -2.15. The third-order valence-corrected chi connectivity index (χ3v) is 6.66. The van der Waals surface area contributed by atoms with Gasteiger partial charge in [0.2, 0.25) is 11.8 Å². The van der Waals surface area contributed by atoms with E-state index in [4.69, 9.17) is 21.1 Å². The van der Waals surface area contributed by atoms with Crippen LogP contribution in [-0.2, 0) is 21.0 Å². The molecule has 0 fully saturated rings. The third kappa shape index (κ3) is 5.79. The predicted molar refractivity (Wildman–Crippen MR) is 123 cm³/mol. The van der Waals surface area contributed by atoms with Crippen molar-refractivity contribution in [3.8, 4) is 11.9 Å². The van der Waals surface area contributed by atoms with Crippen molar-refractivity contribution in [3.63, 3.8) is 0 Å². The molecule has 0 bridgehead atoms. The maximum Gasteiger partial charge on any atom is 0.436 e. The Kier molecular flexibility index (Phi) is 7.64. The molecule has 2 N–H and O–H groups in total. The molecule has 0 radical (unpaired) electrons. The Bertz CT molecular complexity index is 1360. The maximum absolute atomic E-state index is 13.1. The van der Waals surface area contributed by atoms with Crippen LogP contribution in [0.2, 0.25) is 5.02 Å². The van der Waals surface area contributed by atoms with Crippen molar-refractivity contribution in [3.05, 3.63) is 46.7 Å². The van der Waals surface area contributed by atoms with Gasteiger partial charge in [0.05, 0.1) is 29.8 Å². The lowest BCUT2D eigenvalue weighted by molar-refractivity contribution is -0.141. The molecule has 0 aliphatic heterocycles. The van der Waals surface area contributed by atoms with E-state index in [2.05, 4.69) is 25.1 Å². The number of aromatic nitrogens is 4. The van der Waals surface area contributed by atoms with E-state index in [0.29, 0.717) is 0 Å². The molecule has 1 aromatic carbocycles. The minimum absolute atomic E-state index is 0.0304. The Morgan fingerprint density at radius 1 is 1.14 bits per heavy atom. The second-order valence-electron chi connectivity index (χ2n) is 7.27. The van der Waals surface area contributed by atoms with Crippen LogP contribution in [0.5, 0.6) is 11.9 Å². The minimum atomic E-state index is -4.78. The normalized spacial score (nSPS) is 12.7. The zero-order chi connectivity index (χ0) is 26.8. The maximum atomic E-state index is 13.1. The van der Waals surface area contributed by atoms with Crippen LogP contribution in [0.1, 0.15) is 24.4 Å². The van der Waals surface area contributed by atoms with Crippen molar-refractivity contribution in [1.82, 2.24) is 19.7 Å². The number of hydrogen-bond donors (Lipinski definition) is 2. The number of alkyl halides is 3. The standard InChI is InChI=1S/C20H20ClF3N6O5S/c1-10-16(21)17(20(22,23)24)28-30(10)11(2)18(31)25-12-5-7-13(8-6-12)36(32,33)29-14-9-15(34-3)27-19(26-14)35-4/h5-9,11H,1-4H3,(H,25,31)(H,26,27,29). The van der Waals surface area contributed by atoms with Crippen molar-refractivity contribution in [2.45, 2.75) is 31.0 Å². The molecule has 3 aromatic rings. The van der Waals surface area contributed by atoms with E-state index in [0.717, 1.165) is 4.68 Å². The van der Waals surface area contributed by atoms with Gasteiger partial charge in [0.25, 0.3) is 10.0 Å². The first-order valence-corrected chi connectivity index (χ1v) is 11.9. The van der Waals surface area contributed by atoms with Gasteiger partial charge in [-0.15, -0.1) is 0 Å². The number of nitrogens with one attached hydrogen (secondary N) is 2. The lowest BCUT2D eigenvalue weighted by Crippen LogP contribution is -2.25. The van der Waals surface area contributed by atoms with Crippen molar-refractivity contribution in [1.29, 1.82) is 0 Å². The van der Waals surface area contributed by atoms with E-state index in [1.807, 2.05) is 0 Å². The molecule has 2 aromatic heterocycles. The lowest BCUT2D eigenvalue weighted by atomic mass is 10.2. The largest absolute Gasteiger partial charge is 0.481 e. The van der Waals surface area contributed by atoms with Gasteiger partial charge in [-0.05, 0) is 38.1 Å². The van der Waals surface area contributed by atoms with E-state index in [-0.39, 0.29) is 34.0 Å². The summed E-state index contributed by atoms with van der Waals surface area (Å²) in [6.07, 6.45) is -4.78. The number of amides is 1. The van der Waals surface area contributed by atoms with Gasteiger partial charge in [0.1, 0.15) is 6.04 Å². The Morgan fingerprint density at radius 2 is 1.78 bits per heavy atom. The zero-order valence-corrected chi connectivity index (χ0v) is 20.8. The SMILES string of the molecule is COc1cc(NS(=O)(=O)c2ccc(NC(=O)C(C)n3nc(C(F)(F)F)c(Cl)c3C)cc2)nc(OC)n1. The van der Waals surface area contributed by atoms with Gasteiger partial charge in [-0.3, -0.25) is 14.2 Å². The summed E-state index contributed by atoms with van der Waals surface area (Å²) in [6.45, 7) is 2.66. The van der Waals surface area contributed by atoms with Gasteiger partial charge in [-0.1, -0.05) is 11.6 Å². The number of ether oxygens (including phenoxy) is 2. The number of anilines is 2. The average molecular weight is 549 g/mol. The molecule has 0 saturated heterocycles. The highest BCUT2D eigenvalue weighted by atomic mass is 35.5. The first kappa shape index (κ1) is 27.0. The summed E-state index contributed by atoms with van der Waals surface area (Å²) < 4.78 is 77.7. The molecule has 0 aliphatic carbocycles. The van der Waals surface area contributed by atoms with Gasteiger partial charge >= 0.3 is 12.2 Å². The molecule has 194 valence electrons. The van der Waals surface area contributed by atoms with Gasteiger partial charge in [0.15, 0.2) is 11.5 Å². The fourth-order valence-corrected chi connectivity index (χ4v) is 4.20. The quantitative estimate of drug-likeness (QED) is 0.435. The van der Waals surface area contributed by atoms with E-state index in [1.165, 1.54) is 58.4 Å². The van der Waals surface area contributed by atoms with Crippen LogP contribution < -0.4 is 19.5 Å². The van der Waals surface area contributed by atoms with E-state index >= 15 is 0 Å². The number of nitrogens with zero attached hydrogens (tertiary/aromatic N) is 4. The zero-order valence-electron chi connectivity index (χ0n) is 19.2.